The summed E-state index contributed by atoms with van der Waals surface area (Å²) in [5.74, 6) is 0.668. The first kappa shape index (κ1) is 14.9. The van der Waals surface area contributed by atoms with E-state index in [0.717, 1.165) is 10.5 Å². The molecule has 0 saturated heterocycles. The summed E-state index contributed by atoms with van der Waals surface area (Å²) in [7, 11) is 0. The van der Waals surface area contributed by atoms with Crippen LogP contribution in [0.5, 0.6) is 0 Å². The third kappa shape index (κ3) is 2.69. The summed E-state index contributed by atoms with van der Waals surface area (Å²) in [4.78, 5) is 9.65. The first-order valence-electron chi connectivity index (χ1n) is 8.65. The highest BCUT2D eigenvalue weighted by atomic mass is 32.1. The second-order valence-corrected chi connectivity index (χ2v) is 7.69. The molecule has 1 aliphatic rings. The average molecular weight is 325 g/mol. The lowest BCUT2D eigenvalue weighted by molar-refractivity contribution is 0.438. The van der Waals surface area contributed by atoms with Gasteiger partial charge in [0.2, 0.25) is 0 Å². The molecule has 0 bridgehead atoms. The first-order valence-corrected chi connectivity index (χ1v) is 9.53. The Morgan fingerprint density at radius 2 is 2.00 bits per heavy atom. The van der Waals surface area contributed by atoms with Crippen LogP contribution in [0, 0.1) is 0 Å². The number of imidazole rings is 1. The summed E-state index contributed by atoms with van der Waals surface area (Å²) >= 11 is 1.77. The molecule has 3 aromatic rings. The van der Waals surface area contributed by atoms with Gasteiger partial charge < -0.3 is 4.57 Å². The molecule has 2 aromatic heterocycles. The van der Waals surface area contributed by atoms with Crippen LogP contribution in [0.4, 0.5) is 0 Å². The van der Waals surface area contributed by atoms with E-state index in [2.05, 4.69) is 47.0 Å². The number of hydrogen-bond donors (Lipinski definition) is 0. The van der Waals surface area contributed by atoms with Crippen molar-refractivity contribution in [3.63, 3.8) is 0 Å². The Labute approximate surface area is 141 Å². The smallest absolute Gasteiger partial charge is 0.125 e. The number of aromatic nitrogens is 3. The van der Waals surface area contributed by atoms with Crippen LogP contribution in [0.2, 0.25) is 0 Å². The molecule has 0 atom stereocenters. The summed E-state index contributed by atoms with van der Waals surface area (Å²) in [6.07, 6.45) is 8.65. The van der Waals surface area contributed by atoms with Crippen LogP contribution in [-0.2, 0) is 0 Å². The van der Waals surface area contributed by atoms with Crippen molar-refractivity contribution in [1.82, 2.24) is 14.5 Å². The number of nitrogens with zero attached hydrogens (tertiary/aromatic N) is 3. The predicted molar refractivity (Wildman–Crippen MR) is 97.1 cm³/mol. The van der Waals surface area contributed by atoms with Crippen molar-refractivity contribution in [2.24, 2.45) is 0 Å². The average Bonchev–Trinajstić information content (AvgIpc) is 3.22. The molecule has 1 aliphatic carbocycles. The van der Waals surface area contributed by atoms with Crippen molar-refractivity contribution in [1.29, 1.82) is 0 Å². The minimum atomic E-state index is 0.421. The van der Waals surface area contributed by atoms with E-state index in [0.29, 0.717) is 12.0 Å². The van der Waals surface area contributed by atoms with Crippen molar-refractivity contribution in [2.45, 2.75) is 57.9 Å². The van der Waals surface area contributed by atoms with Crippen molar-refractivity contribution in [2.75, 3.05) is 0 Å². The Kier molecular flexibility index (Phi) is 3.93. The lowest BCUT2D eigenvalue weighted by atomic mass is 9.87. The molecule has 4 heteroatoms. The third-order valence-corrected chi connectivity index (χ3v) is 5.83. The Hall–Kier alpha value is -1.68. The standard InChI is InChI=1S/C19H23N3S/c1-13(2)22-12-20-18-15(9-6-10-17(18)22)19-21-16(11-23-19)14-7-4-3-5-8-14/h6,9-14H,3-5,7-8H2,1-2H3. The number of hydrogen-bond acceptors (Lipinski definition) is 3. The molecule has 0 aliphatic heterocycles. The quantitative estimate of drug-likeness (QED) is 0.610. The van der Waals surface area contributed by atoms with Gasteiger partial charge in [0.15, 0.2) is 0 Å². The normalized spacial score (nSPS) is 16.5. The molecule has 3 nitrogen and oxygen atoms in total. The van der Waals surface area contributed by atoms with Crippen LogP contribution >= 0.6 is 11.3 Å². The zero-order valence-corrected chi connectivity index (χ0v) is 14.6. The van der Waals surface area contributed by atoms with Gasteiger partial charge in [-0.1, -0.05) is 25.3 Å². The van der Waals surface area contributed by atoms with Gasteiger partial charge in [0.05, 0.1) is 23.1 Å². The van der Waals surface area contributed by atoms with Crippen LogP contribution in [0.1, 0.15) is 63.6 Å². The van der Waals surface area contributed by atoms with Gasteiger partial charge in [0.25, 0.3) is 0 Å². The molecule has 1 aromatic carbocycles. The zero-order valence-electron chi connectivity index (χ0n) is 13.8. The Morgan fingerprint density at radius 1 is 1.17 bits per heavy atom. The van der Waals surface area contributed by atoms with E-state index in [4.69, 9.17) is 4.98 Å². The molecule has 1 fully saturated rings. The molecule has 0 N–H and O–H groups in total. The maximum Gasteiger partial charge on any atom is 0.125 e. The van der Waals surface area contributed by atoms with Crippen LogP contribution in [0.3, 0.4) is 0 Å². The number of para-hydroxylation sites is 1. The maximum atomic E-state index is 4.98. The monoisotopic (exact) mass is 325 g/mol. The Morgan fingerprint density at radius 3 is 2.78 bits per heavy atom. The van der Waals surface area contributed by atoms with E-state index in [1.165, 1.54) is 48.9 Å². The van der Waals surface area contributed by atoms with E-state index in [1.807, 2.05) is 6.33 Å². The van der Waals surface area contributed by atoms with E-state index >= 15 is 0 Å². The van der Waals surface area contributed by atoms with Crippen LogP contribution in [-0.4, -0.2) is 14.5 Å². The largest absolute Gasteiger partial charge is 0.328 e. The van der Waals surface area contributed by atoms with Gasteiger partial charge in [-0.15, -0.1) is 11.3 Å². The highest BCUT2D eigenvalue weighted by Gasteiger charge is 2.20. The van der Waals surface area contributed by atoms with Crippen LogP contribution in [0.25, 0.3) is 21.6 Å². The minimum absolute atomic E-state index is 0.421. The molecular weight excluding hydrogens is 302 g/mol. The SMILES string of the molecule is CC(C)n1cnc2c(-c3nc(C4CCCCC4)cs3)cccc21. The van der Waals surface area contributed by atoms with Crippen LogP contribution < -0.4 is 0 Å². The molecule has 0 amide bonds. The summed E-state index contributed by atoms with van der Waals surface area (Å²) in [5.41, 5.74) is 4.75. The van der Waals surface area contributed by atoms with Gasteiger partial charge in [-0.2, -0.15) is 0 Å². The van der Waals surface area contributed by atoms with Crippen molar-refractivity contribution in [3.05, 3.63) is 35.6 Å². The van der Waals surface area contributed by atoms with Gasteiger partial charge in [-0.25, -0.2) is 9.97 Å². The predicted octanol–water partition coefficient (Wildman–Crippen LogP) is 5.79. The zero-order chi connectivity index (χ0) is 15.8. The molecular formula is C19H23N3S. The minimum Gasteiger partial charge on any atom is -0.328 e. The number of rotatable bonds is 3. The molecule has 0 unspecified atom stereocenters. The first-order chi connectivity index (χ1) is 11.2. The summed E-state index contributed by atoms with van der Waals surface area (Å²) in [5, 5.41) is 3.38. The molecule has 1 saturated carbocycles. The van der Waals surface area contributed by atoms with E-state index in [1.54, 1.807) is 11.3 Å². The van der Waals surface area contributed by atoms with Crippen molar-refractivity contribution >= 4 is 22.4 Å². The Bertz CT molecular complexity index is 809. The number of fused-ring (bicyclic) bond motifs is 1. The highest BCUT2D eigenvalue weighted by molar-refractivity contribution is 7.13. The number of benzene rings is 1. The third-order valence-electron chi connectivity index (χ3n) is 4.94. The summed E-state index contributed by atoms with van der Waals surface area (Å²) in [6, 6.07) is 6.86. The van der Waals surface area contributed by atoms with Crippen molar-refractivity contribution in [3.8, 4) is 10.6 Å². The Balaban J connectivity index is 1.73. The fourth-order valence-electron chi connectivity index (χ4n) is 3.64. The molecule has 0 radical (unpaired) electrons. The fourth-order valence-corrected chi connectivity index (χ4v) is 4.56. The summed E-state index contributed by atoms with van der Waals surface area (Å²) < 4.78 is 2.23. The summed E-state index contributed by atoms with van der Waals surface area (Å²) in [6.45, 7) is 4.39. The molecule has 2 heterocycles. The van der Waals surface area contributed by atoms with Gasteiger partial charge >= 0.3 is 0 Å². The maximum absolute atomic E-state index is 4.98. The second-order valence-electron chi connectivity index (χ2n) is 6.83. The van der Waals surface area contributed by atoms with Gasteiger partial charge in [0.1, 0.15) is 5.01 Å². The lowest BCUT2D eigenvalue weighted by Crippen LogP contribution is -2.04. The van der Waals surface area contributed by atoms with E-state index in [9.17, 15) is 0 Å². The van der Waals surface area contributed by atoms with Gasteiger partial charge in [-0.05, 0) is 38.8 Å². The molecule has 23 heavy (non-hydrogen) atoms. The lowest BCUT2D eigenvalue weighted by Gasteiger charge is -2.19. The van der Waals surface area contributed by atoms with Crippen molar-refractivity contribution < 1.29 is 0 Å². The molecule has 4 rings (SSSR count). The molecule has 120 valence electrons. The van der Waals surface area contributed by atoms with Crippen LogP contribution in [0.15, 0.2) is 29.9 Å². The van der Waals surface area contributed by atoms with Gasteiger partial charge in [0, 0.05) is 22.9 Å². The highest BCUT2D eigenvalue weighted by Crippen LogP contribution is 2.37. The second kappa shape index (κ2) is 6.08. The molecule has 0 spiro atoms. The fraction of sp³-hybridized carbons (Fsp3) is 0.474. The number of thiazole rings is 1. The van der Waals surface area contributed by atoms with E-state index in [-0.39, 0.29) is 0 Å². The van der Waals surface area contributed by atoms with Gasteiger partial charge in [-0.3, -0.25) is 0 Å². The topological polar surface area (TPSA) is 30.7 Å². The van der Waals surface area contributed by atoms with E-state index < -0.39 is 0 Å².